The van der Waals surface area contributed by atoms with Gasteiger partial charge in [-0.1, -0.05) is 41.9 Å². The van der Waals surface area contributed by atoms with E-state index in [4.69, 9.17) is 26.8 Å². The summed E-state index contributed by atoms with van der Waals surface area (Å²) in [5.41, 5.74) is 8.00. The predicted octanol–water partition coefficient (Wildman–Crippen LogP) is 5.04. The largest absolute Gasteiger partial charge is 0.496 e. The molecule has 5 heteroatoms. The average Bonchev–Trinajstić information content (AvgIpc) is 2.65. The zero-order valence-corrected chi connectivity index (χ0v) is 15.1. The highest BCUT2D eigenvalue weighted by atomic mass is 35.5. The molecule has 26 heavy (non-hydrogen) atoms. The minimum atomic E-state index is -0.311. The summed E-state index contributed by atoms with van der Waals surface area (Å²) < 4.78 is 25.8. The summed E-state index contributed by atoms with van der Waals surface area (Å²) in [5.74, 6) is 0.847. The molecule has 3 aromatic carbocycles. The van der Waals surface area contributed by atoms with Crippen molar-refractivity contribution in [2.45, 2.75) is 6.42 Å². The van der Waals surface area contributed by atoms with Crippen molar-refractivity contribution in [3.05, 3.63) is 82.6 Å². The number of halogens is 2. The van der Waals surface area contributed by atoms with Crippen LogP contribution in [0.4, 0.5) is 4.39 Å². The zero-order chi connectivity index (χ0) is 18.5. The van der Waals surface area contributed by atoms with Crippen molar-refractivity contribution in [3.8, 4) is 22.6 Å². The molecule has 2 N–H and O–H groups in total. The fourth-order valence-electron chi connectivity index (χ4n) is 2.84. The highest BCUT2D eigenvalue weighted by molar-refractivity contribution is 6.30. The molecule has 0 bridgehead atoms. The first kappa shape index (κ1) is 18.2. The van der Waals surface area contributed by atoms with Crippen LogP contribution in [-0.4, -0.2) is 13.8 Å². The molecule has 0 saturated heterocycles. The van der Waals surface area contributed by atoms with E-state index in [2.05, 4.69) is 0 Å². The van der Waals surface area contributed by atoms with Crippen molar-refractivity contribution >= 4 is 11.6 Å². The van der Waals surface area contributed by atoms with Gasteiger partial charge in [0.15, 0.2) is 0 Å². The van der Waals surface area contributed by atoms with E-state index < -0.39 is 0 Å². The van der Waals surface area contributed by atoms with E-state index in [0.717, 1.165) is 5.56 Å². The second-order valence-electron chi connectivity index (χ2n) is 5.76. The molecule has 3 aromatic rings. The van der Waals surface area contributed by atoms with Crippen LogP contribution in [0.5, 0.6) is 11.5 Å². The maximum Gasteiger partial charge on any atom is 0.138 e. The summed E-state index contributed by atoms with van der Waals surface area (Å²) >= 11 is 6.07. The van der Waals surface area contributed by atoms with E-state index >= 15 is 4.39 Å². The fourth-order valence-corrected chi connectivity index (χ4v) is 3.03. The Morgan fingerprint density at radius 1 is 1.04 bits per heavy atom. The molecule has 0 fully saturated rings. The van der Waals surface area contributed by atoms with Crippen LogP contribution < -0.4 is 15.2 Å². The SMILES string of the molecule is COc1ccc(Cc2ccc(OCN)cc2)c(F)c1-c1cccc(Cl)c1. The van der Waals surface area contributed by atoms with Crippen molar-refractivity contribution in [1.29, 1.82) is 0 Å². The van der Waals surface area contributed by atoms with E-state index in [0.29, 0.717) is 39.6 Å². The molecule has 0 unspecified atom stereocenters. The summed E-state index contributed by atoms with van der Waals surface area (Å²) in [4.78, 5) is 0. The molecule has 0 amide bonds. The van der Waals surface area contributed by atoms with Gasteiger partial charge in [0.1, 0.15) is 24.0 Å². The number of hydrogen-bond donors (Lipinski definition) is 1. The van der Waals surface area contributed by atoms with E-state index in [1.165, 1.54) is 7.11 Å². The monoisotopic (exact) mass is 371 g/mol. The Morgan fingerprint density at radius 2 is 1.81 bits per heavy atom. The van der Waals surface area contributed by atoms with Gasteiger partial charge >= 0.3 is 0 Å². The van der Waals surface area contributed by atoms with Gasteiger partial charge in [0.05, 0.1) is 12.7 Å². The van der Waals surface area contributed by atoms with Gasteiger partial charge < -0.3 is 9.47 Å². The second-order valence-corrected chi connectivity index (χ2v) is 6.19. The normalized spacial score (nSPS) is 10.6. The Balaban J connectivity index is 1.97. The molecule has 134 valence electrons. The third kappa shape index (κ3) is 3.98. The van der Waals surface area contributed by atoms with Gasteiger partial charge in [-0.3, -0.25) is 5.73 Å². The second kappa shape index (κ2) is 8.21. The Kier molecular flexibility index (Phi) is 5.76. The summed E-state index contributed by atoms with van der Waals surface area (Å²) in [7, 11) is 1.53. The maximum atomic E-state index is 15.3. The summed E-state index contributed by atoms with van der Waals surface area (Å²) in [6.07, 6.45) is 0.451. The van der Waals surface area contributed by atoms with Crippen LogP contribution in [0.2, 0.25) is 5.02 Å². The average molecular weight is 372 g/mol. The van der Waals surface area contributed by atoms with Crippen LogP contribution in [0.15, 0.2) is 60.7 Å². The molecular weight excluding hydrogens is 353 g/mol. The predicted molar refractivity (Wildman–Crippen MR) is 102 cm³/mol. The van der Waals surface area contributed by atoms with Crippen LogP contribution in [0, 0.1) is 5.82 Å². The van der Waals surface area contributed by atoms with E-state index in [1.54, 1.807) is 30.3 Å². The lowest BCUT2D eigenvalue weighted by Crippen LogP contribution is -2.07. The van der Waals surface area contributed by atoms with Gasteiger partial charge in [-0.15, -0.1) is 0 Å². The van der Waals surface area contributed by atoms with Crippen molar-refractivity contribution in [2.75, 3.05) is 13.8 Å². The van der Waals surface area contributed by atoms with Crippen LogP contribution in [0.25, 0.3) is 11.1 Å². The highest BCUT2D eigenvalue weighted by Crippen LogP contribution is 2.36. The lowest BCUT2D eigenvalue weighted by Gasteiger charge is -2.14. The lowest BCUT2D eigenvalue weighted by molar-refractivity contribution is 0.329. The quantitative estimate of drug-likeness (QED) is 0.617. The number of rotatable bonds is 6. The molecule has 0 radical (unpaired) electrons. The lowest BCUT2D eigenvalue weighted by atomic mass is 9.97. The highest BCUT2D eigenvalue weighted by Gasteiger charge is 2.16. The molecule has 0 aliphatic carbocycles. The van der Waals surface area contributed by atoms with E-state index in [1.807, 2.05) is 30.3 Å². The first-order valence-electron chi connectivity index (χ1n) is 8.15. The molecule has 3 nitrogen and oxygen atoms in total. The Morgan fingerprint density at radius 3 is 2.46 bits per heavy atom. The minimum Gasteiger partial charge on any atom is -0.496 e. The molecule has 0 spiro atoms. The van der Waals surface area contributed by atoms with E-state index in [-0.39, 0.29) is 12.5 Å². The van der Waals surface area contributed by atoms with E-state index in [9.17, 15) is 0 Å². The summed E-state index contributed by atoms with van der Waals surface area (Å²) in [5, 5.41) is 0.546. The first-order chi connectivity index (χ1) is 12.6. The van der Waals surface area contributed by atoms with Gasteiger partial charge in [-0.05, 0) is 47.0 Å². The zero-order valence-electron chi connectivity index (χ0n) is 14.3. The molecule has 3 rings (SSSR count). The van der Waals surface area contributed by atoms with Crippen LogP contribution >= 0.6 is 11.6 Å². The molecule has 0 aromatic heterocycles. The summed E-state index contributed by atoms with van der Waals surface area (Å²) in [6, 6.07) is 18.0. The van der Waals surface area contributed by atoms with Gasteiger partial charge in [0.25, 0.3) is 0 Å². The Labute approximate surface area is 157 Å². The number of ether oxygens (including phenoxy) is 2. The molecule has 0 aliphatic heterocycles. The van der Waals surface area contributed by atoms with Gasteiger partial charge in [-0.2, -0.15) is 0 Å². The Hall–Kier alpha value is -2.56. The number of benzene rings is 3. The molecule has 0 atom stereocenters. The topological polar surface area (TPSA) is 44.5 Å². The number of methoxy groups -OCH3 is 1. The minimum absolute atomic E-state index is 0.120. The number of hydrogen-bond acceptors (Lipinski definition) is 3. The van der Waals surface area contributed by atoms with Crippen molar-refractivity contribution in [3.63, 3.8) is 0 Å². The van der Waals surface area contributed by atoms with Gasteiger partial charge in [-0.25, -0.2) is 4.39 Å². The maximum absolute atomic E-state index is 15.3. The first-order valence-corrected chi connectivity index (χ1v) is 8.53. The fraction of sp³-hybridized carbons (Fsp3) is 0.143. The Bertz CT molecular complexity index is 897. The number of nitrogens with two attached hydrogens (primary N) is 1. The van der Waals surface area contributed by atoms with Gasteiger partial charge in [0, 0.05) is 11.4 Å². The van der Waals surface area contributed by atoms with Crippen molar-refractivity contribution in [1.82, 2.24) is 0 Å². The van der Waals surface area contributed by atoms with Crippen LogP contribution in [0.1, 0.15) is 11.1 Å². The molecule has 0 aliphatic rings. The van der Waals surface area contributed by atoms with Gasteiger partial charge in [0.2, 0.25) is 0 Å². The van der Waals surface area contributed by atoms with Crippen molar-refractivity contribution in [2.24, 2.45) is 5.73 Å². The third-order valence-electron chi connectivity index (χ3n) is 4.08. The molecule has 0 saturated carbocycles. The molecular formula is C21H19ClFNO2. The molecule has 0 heterocycles. The third-order valence-corrected chi connectivity index (χ3v) is 4.32. The standard InChI is InChI=1S/C21H19ClFNO2/c1-25-19-10-7-16(11-14-5-8-18(9-6-14)26-13-24)21(23)20(19)15-3-2-4-17(22)12-15/h2-10,12H,11,13,24H2,1H3. The summed E-state index contributed by atoms with van der Waals surface area (Å²) in [6.45, 7) is 0.120. The smallest absolute Gasteiger partial charge is 0.138 e. The van der Waals surface area contributed by atoms with Crippen LogP contribution in [0.3, 0.4) is 0 Å². The van der Waals surface area contributed by atoms with Crippen LogP contribution in [-0.2, 0) is 6.42 Å². The van der Waals surface area contributed by atoms with Crippen molar-refractivity contribution < 1.29 is 13.9 Å².